The van der Waals surface area contributed by atoms with Gasteiger partial charge < -0.3 is 14.9 Å². The summed E-state index contributed by atoms with van der Waals surface area (Å²) >= 11 is 3.36. The number of ether oxygens (including phenoxy) is 1. The molecule has 96 valence electrons. The molecule has 0 unspecified atom stereocenters. The fraction of sp³-hybridized carbons (Fsp3) is 0.538. The monoisotopic (exact) mass is 302 g/mol. The zero-order valence-electron chi connectivity index (χ0n) is 10.4. The van der Waals surface area contributed by atoms with Crippen LogP contribution in [0.4, 0.5) is 0 Å². The summed E-state index contributed by atoms with van der Waals surface area (Å²) in [6, 6.07) is 5.52. The Hall–Kier alpha value is -0.580. The highest BCUT2D eigenvalue weighted by Gasteiger charge is 2.14. The number of halogens is 1. The highest BCUT2D eigenvalue weighted by Crippen LogP contribution is 2.28. The second-order valence-electron chi connectivity index (χ2n) is 4.77. The largest absolute Gasteiger partial charge is 0.493 e. The molecule has 17 heavy (non-hydrogen) atoms. The molecule has 0 aliphatic rings. The van der Waals surface area contributed by atoms with E-state index in [0.717, 1.165) is 10.0 Å². The first-order valence-corrected chi connectivity index (χ1v) is 6.41. The highest BCUT2D eigenvalue weighted by molar-refractivity contribution is 9.10. The van der Waals surface area contributed by atoms with Gasteiger partial charge in [-0.2, -0.15) is 0 Å². The Kier molecular flexibility index (Phi) is 4.98. The summed E-state index contributed by atoms with van der Waals surface area (Å²) in [6.07, 6.45) is -0.0351. The lowest BCUT2D eigenvalue weighted by Crippen LogP contribution is -2.22. The van der Waals surface area contributed by atoms with Gasteiger partial charge in [-0.1, -0.05) is 15.9 Å². The van der Waals surface area contributed by atoms with E-state index >= 15 is 0 Å². The van der Waals surface area contributed by atoms with Crippen LogP contribution < -0.4 is 4.74 Å². The van der Waals surface area contributed by atoms with Crippen LogP contribution in [0, 0.1) is 0 Å². The minimum absolute atomic E-state index is 0.421. The molecular formula is C13H19BrO3. The molecule has 1 rings (SSSR count). The summed E-state index contributed by atoms with van der Waals surface area (Å²) < 4.78 is 6.49. The lowest BCUT2D eigenvalue weighted by atomic mass is 10.1. The van der Waals surface area contributed by atoms with E-state index in [2.05, 4.69) is 15.9 Å². The van der Waals surface area contributed by atoms with Crippen LogP contribution in [-0.4, -0.2) is 22.4 Å². The molecule has 0 bridgehead atoms. The molecule has 2 N–H and O–H groups in total. The third-order valence-electron chi connectivity index (χ3n) is 2.39. The lowest BCUT2D eigenvalue weighted by Gasteiger charge is -2.19. The number of benzene rings is 1. The molecule has 0 fully saturated rings. The van der Waals surface area contributed by atoms with Gasteiger partial charge in [0.2, 0.25) is 0 Å². The maximum absolute atomic E-state index is 9.64. The molecule has 0 aromatic heterocycles. The average molecular weight is 303 g/mol. The molecule has 3 nitrogen and oxygen atoms in total. The van der Waals surface area contributed by atoms with Crippen LogP contribution in [0.3, 0.4) is 0 Å². The van der Waals surface area contributed by atoms with E-state index in [0.29, 0.717) is 18.8 Å². The van der Waals surface area contributed by atoms with Crippen LogP contribution in [0.15, 0.2) is 22.7 Å². The molecule has 0 spiro atoms. The first-order valence-electron chi connectivity index (χ1n) is 5.62. The van der Waals surface area contributed by atoms with Crippen molar-refractivity contribution in [2.24, 2.45) is 0 Å². The van der Waals surface area contributed by atoms with Gasteiger partial charge in [0.05, 0.1) is 18.3 Å². The third-order valence-corrected chi connectivity index (χ3v) is 2.89. The highest BCUT2D eigenvalue weighted by atomic mass is 79.9. The molecule has 1 atom stereocenters. The predicted octanol–water partition coefficient (Wildman–Crippen LogP) is 3.04. The van der Waals surface area contributed by atoms with Crippen molar-refractivity contribution in [3.63, 3.8) is 0 Å². The third kappa shape index (κ3) is 5.06. The van der Waals surface area contributed by atoms with Gasteiger partial charge in [0.1, 0.15) is 5.75 Å². The Labute approximate surface area is 111 Å². The van der Waals surface area contributed by atoms with Crippen LogP contribution in [0.1, 0.15) is 38.9 Å². The number of aliphatic hydroxyl groups excluding tert-OH is 1. The van der Waals surface area contributed by atoms with E-state index in [1.165, 1.54) is 0 Å². The molecule has 0 saturated carbocycles. The normalized spacial score (nSPS) is 13.5. The minimum Gasteiger partial charge on any atom is -0.493 e. The van der Waals surface area contributed by atoms with Crippen molar-refractivity contribution in [1.29, 1.82) is 0 Å². The Balaban J connectivity index is 2.70. The second-order valence-corrected chi connectivity index (χ2v) is 5.68. The zero-order valence-corrected chi connectivity index (χ0v) is 12.0. The number of hydrogen-bond acceptors (Lipinski definition) is 3. The molecular weight excluding hydrogens is 284 g/mol. The van der Waals surface area contributed by atoms with Crippen molar-refractivity contribution in [1.82, 2.24) is 0 Å². The summed E-state index contributed by atoms with van der Waals surface area (Å²) in [5.74, 6) is 0.660. The van der Waals surface area contributed by atoms with Gasteiger partial charge in [0.15, 0.2) is 0 Å². The molecule has 1 aromatic carbocycles. The molecule has 0 radical (unpaired) electrons. The van der Waals surface area contributed by atoms with Gasteiger partial charge in [-0.15, -0.1) is 0 Å². The SMILES string of the molecule is C[C@H](O)c1cc(Br)ccc1OCCC(C)(C)O. The van der Waals surface area contributed by atoms with E-state index in [4.69, 9.17) is 4.74 Å². The van der Waals surface area contributed by atoms with Crippen molar-refractivity contribution in [2.75, 3.05) is 6.61 Å². The minimum atomic E-state index is -0.736. The van der Waals surface area contributed by atoms with Crippen molar-refractivity contribution in [3.8, 4) is 5.75 Å². The van der Waals surface area contributed by atoms with Gasteiger partial charge in [0, 0.05) is 16.5 Å². The van der Waals surface area contributed by atoms with E-state index in [1.807, 2.05) is 18.2 Å². The lowest BCUT2D eigenvalue weighted by molar-refractivity contribution is 0.0548. The van der Waals surface area contributed by atoms with E-state index in [-0.39, 0.29) is 0 Å². The van der Waals surface area contributed by atoms with Gasteiger partial charge in [-0.25, -0.2) is 0 Å². The Morgan fingerprint density at radius 2 is 2.06 bits per heavy atom. The fourth-order valence-electron chi connectivity index (χ4n) is 1.39. The topological polar surface area (TPSA) is 49.7 Å². The molecule has 0 saturated heterocycles. The summed E-state index contributed by atoms with van der Waals surface area (Å²) in [5.41, 5.74) is 0.00973. The van der Waals surface area contributed by atoms with Crippen LogP contribution in [0.5, 0.6) is 5.75 Å². The number of rotatable bonds is 5. The summed E-state index contributed by atoms with van der Waals surface area (Å²) in [5, 5.41) is 19.2. The van der Waals surface area contributed by atoms with Crippen LogP contribution in [0.25, 0.3) is 0 Å². The van der Waals surface area contributed by atoms with Crippen LogP contribution in [0.2, 0.25) is 0 Å². The molecule has 4 heteroatoms. The van der Waals surface area contributed by atoms with Crippen LogP contribution in [-0.2, 0) is 0 Å². The first kappa shape index (κ1) is 14.5. The van der Waals surface area contributed by atoms with E-state index < -0.39 is 11.7 Å². The first-order chi connectivity index (χ1) is 7.79. The fourth-order valence-corrected chi connectivity index (χ4v) is 1.77. The summed E-state index contributed by atoms with van der Waals surface area (Å²) in [4.78, 5) is 0. The summed E-state index contributed by atoms with van der Waals surface area (Å²) in [6.45, 7) is 5.61. The molecule has 0 aliphatic heterocycles. The number of aliphatic hydroxyl groups is 2. The van der Waals surface area contributed by atoms with Gasteiger partial charge in [0.25, 0.3) is 0 Å². The van der Waals surface area contributed by atoms with Crippen molar-refractivity contribution < 1.29 is 14.9 Å². The standard InChI is InChI=1S/C13H19BrO3/c1-9(15)11-8-10(14)4-5-12(11)17-7-6-13(2,3)16/h4-5,8-9,15-16H,6-7H2,1-3H3/t9-/m0/s1. The average Bonchev–Trinajstić information content (AvgIpc) is 2.18. The maximum Gasteiger partial charge on any atom is 0.125 e. The van der Waals surface area contributed by atoms with Gasteiger partial charge >= 0.3 is 0 Å². The van der Waals surface area contributed by atoms with Crippen LogP contribution >= 0.6 is 15.9 Å². The van der Waals surface area contributed by atoms with Gasteiger partial charge in [-0.05, 0) is 39.0 Å². The smallest absolute Gasteiger partial charge is 0.125 e. The zero-order chi connectivity index (χ0) is 13.1. The van der Waals surface area contributed by atoms with E-state index in [1.54, 1.807) is 20.8 Å². The van der Waals surface area contributed by atoms with Crippen molar-refractivity contribution in [3.05, 3.63) is 28.2 Å². The van der Waals surface area contributed by atoms with Crippen molar-refractivity contribution in [2.45, 2.75) is 38.9 Å². The van der Waals surface area contributed by atoms with E-state index in [9.17, 15) is 10.2 Å². The molecule has 0 amide bonds. The Bertz CT molecular complexity index is 369. The van der Waals surface area contributed by atoms with Crippen molar-refractivity contribution >= 4 is 15.9 Å². The summed E-state index contributed by atoms with van der Waals surface area (Å²) in [7, 11) is 0. The number of hydrogen-bond donors (Lipinski definition) is 2. The molecule has 1 aromatic rings. The Morgan fingerprint density at radius 3 is 2.59 bits per heavy atom. The predicted molar refractivity (Wildman–Crippen MR) is 71.2 cm³/mol. The quantitative estimate of drug-likeness (QED) is 0.879. The molecule has 0 heterocycles. The Morgan fingerprint density at radius 1 is 1.41 bits per heavy atom. The molecule has 0 aliphatic carbocycles. The maximum atomic E-state index is 9.64. The second kappa shape index (κ2) is 5.85. The van der Waals surface area contributed by atoms with Gasteiger partial charge in [-0.3, -0.25) is 0 Å².